The van der Waals surface area contributed by atoms with E-state index in [1.807, 2.05) is 31.1 Å². The summed E-state index contributed by atoms with van der Waals surface area (Å²) in [7, 11) is 3.99. The largest absolute Gasteiger partial charge is 0.481 e. The van der Waals surface area contributed by atoms with Gasteiger partial charge in [0.25, 0.3) is 0 Å². The zero-order valence-electron chi connectivity index (χ0n) is 11.4. The first-order chi connectivity index (χ1) is 8.47. The first kappa shape index (κ1) is 12.9. The van der Waals surface area contributed by atoms with Crippen molar-refractivity contribution in [1.82, 2.24) is 0 Å². The Morgan fingerprint density at radius 1 is 1.28 bits per heavy atom. The van der Waals surface area contributed by atoms with Crippen LogP contribution in [0.3, 0.4) is 0 Å². The molecule has 18 heavy (non-hydrogen) atoms. The number of hydrogen-bond donors (Lipinski definition) is 1. The van der Waals surface area contributed by atoms with Crippen LogP contribution < -0.4 is 4.90 Å². The zero-order valence-corrected chi connectivity index (χ0v) is 11.4. The van der Waals surface area contributed by atoms with Crippen molar-refractivity contribution in [3.05, 3.63) is 29.3 Å². The maximum absolute atomic E-state index is 11.7. The lowest BCUT2D eigenvalue weighted by Crippen LogP contribution is -2.32. The highest BCUT2D eigenvalue weighted by Crippen LogP contribution is 2.42. The van der Waals surface area contributed by atoms with Crippen LogP contribution >= 0.6 is 0 Å². The summed E-state index contributed by atoms with van der Waals surface area (Å²) >= 11 is 0. The minimum atomic E-state index is -0.673. The van der Waals surface area contributed by atoms with E-state index in [1.165, 1.54) is 5.56 Å². The van der Waals surface area contributed by atoms with Crippen LogP contribution in [0.15, 0.2) is 18.2 Å². The molecule has 0 radical (unpaired) electrons. The lowest BCUT2D eigenvalue weighted by molar-refractivity contribution is -0.143. The fourth-order valence-electron chi connectivity index (χ4n) is 2.99. The van der Waals surface area contributed by atoms with Gasteiger partial charge in [0.15, 0.2) is 0 Å². The van der Waals surface area contributed by atoms with Gasteiger partial charge in [0.1, 0.15) is 0 Å². The first-order valence-corrected chi connectivity index (χ1v) is 6.49. The maximum Gasteiger partial charge on any atom is 0.314 e. The van der Waals surface area contributed by atoms with Crippen molar-refractivity contribution in [2.45, 2.75) is 38.0 Å². The molecule has 0 amide bonds. The SMILES string of the molecule is Cc1ccc(C2(C(=O)O)CCCC2)cc1N(C)C. The molecule has 1 aromatic carbocycles. The minimum absolute atomic E-state index is 0.654. The van der Waals surface area contributed by atoms with Gasteiger partial charge in [-0.25, -0.2) is 0 Å². The molecule has 1 aliphatic carbocycles. The second-order valence-corrected chi connectivity index (χ2v) is 5.49. The fraction of sp³-hybridized carbons (Fsp3) is 0.533. The van der Waals surface area contributed by atoms with Crippen molar-refractivity contribution >= 4 is 11.7 Å². The number of carboxylic acids is 1. The van der Waals surface area contributed by atoms with Gasteiger partial charge >= 0.3 is 5.97 Å². The predicted octanol–water partition coefficient (Wildman–Crippen LogP) is 2.96. The third-order valence-electron chi connectivity index (χ3n) is 4.11. The lowest BCUT2D eigenvalue weighted by Gasteiger charge is -2.26. The molecule has 0 unspecified atom stereocenters. The highest BCUT2D eigenvalue weighted by atomic mass is 16.4. The summed E-state index contributed by atoms with van der Waals surface area (Å²) in [6.07, 6.45) is 3.55. The molecule has 0 atom stereocenters. The number of anilines is 1. The van der Waals surface area contributed by atoms with Crippen molar-refractivity contribution in [3.8, 4) is 0 Å². The van der Waals surface area contributed by atoms with Crippen LogP contribution in [0.4, 0.5) is 5.69 Å². The van der Waals surface area contributed by atoms with E-state index in [0.29, 0.717) is 0 Å². The monoisotopic (exact) mass is 247 g/mol. The van der Waals surface area contributed by atoms with Gasteiger partial charge < -0.3 is 10.0 Å². The van der Waals surface area contributed by atoms with Crippen LogP contribution in [0, 0.1) is 6.92 Å². The maximum atomic E-state index is 11.7. The molecule has 0 saturated heterocycles. The van der Waals surface area contributed by atoms with Crippen molar-refractivity contribution in [1.29, 1.82) is 0 Å². The average Bonchev–Trinajstić information content (AvgIpc) is 2.79. The summed E-state index contributed by atoms with van der Waals surface area (Å²) < 4.78 is 0. The van der Waals surface area contributed by atoms with Gasteiger partial charge in [-0.15, -0.1) is 0 Å². The Morgan fingerprint density at radius 3 is 2.39 bits per heavy atom. The van der Waals surface area contributed by atoms with E-state index in [2.05, 4.69) is 13.0 Å². The molecule has 1 fully saturated rings. The summed E-state index contributed by atoms with van der Waals surface area (Å²) in [5.74, 6) is -0.673. The molecule has 2 rings (SSSR count). The summed E-state index contributed by atoms with van der Waals surface area (Å²) in [5, 5.41) is 9.60. The lowest BCUT2D eigenvalue weighted by atomic mass is 9.78. The zero-order chi connectivity index (χ0) is 13.3. The summed E-state index contributed by atoms with van der Waals surface area (Å²) in [6.45, 7) is 2.06. The highest BCUT2D eigenvalue weighted by Gasteiger charge is 2.43. The molecule has 98 valence electrons. The number of nitrogens with zero attached hydrogens (tertiary/aromatic N) is 1. The molecular weight excluding hydrogens is 226 g/mol. The van der Waals surface area contributed by atoms with Crippen LogP contribution in [0.2, 0.25) is 0 Å². The Morgan fingerprint density at radius 2 is 1.89 bits per heavy atom. The number of hydrogen-bond acceptors (Lipinski definition) is 2. The Bertz CT molecular complexity index is 460. The summed E-state index contributed by atoms with van der Waals surface area (Å²) in [6, 6.07) is 6.07. The van der Waals surface area contributed by atoms with Crippen LogP contribution in [-0.4, -0.2) is 25.2 Å². The molecule has 1 N–H and O–H groups in total. The van der Waals surface area contributed by atoms with E-state index in [4.69, 9.17) is 0 Å². The summed E-state index contributed by atoms with van der Waals surface area (Å²) in [5.41, 5.74) is 2.60. The molecule has 3 nitrogen and oxygen atoms in total. The standard InChI is InChI=1S/C15H21NO2/c1-11-6-7-12(10-13(11)16(2)3)15(14(17)18)8-4-5-9-15/h6-7,10H,4-5,8-9H2,1-3H3,(H,17,18). The molecule has 0 spiro atoms. The van der Waals surface area contributed by atoms with Crippen LogP contribution in [0.1, 0.15) is 36.8 Å². The number of carboxylic acid groups (broad SMARTS) is 1. The molecule has 1 aromatic rings. The van der Waals surface area contributed by atoms with Crippen LogP contribution in [-0.2, 0) is 10.2 Å². The Kier molecular flexibility index (Phi) is 3.33. The molecule has 0 heterocycles. The third-order valence-corrected chi connectivity index (χ3v) is 4.11. The number of carbonyl (C=O) groups is 1. The van der Waals surface area contributed by atoms with Crippen LogP contribution in [0.5, 0.6) is 0 Å². The van der Waals surface area contributed by atoms with Crippen molar-refractivity contribution < 1.29 is 9.90 Å². The van der Waals surface area contributed by atoms with Gasteiger partial charge in [-0.05, 0) is 37.0 Å². The molecule has 1 saturated carbocycles. The molecule has 3 heteroatoms. The number of aryl methyl sites for hydroxylation is 1. The normalized spacial score (nSPS) is 17.7. The van der Waals surface area contributed by atoms with Gasteiger partial charge in [-0.2, -0.15) is 0 Å². The van der Waals surface area contributed by atoms with E-state index >= 15 is 0 Å². The number of aliphatic carboxylic acids is 1. The Hall–Kier alpha value is -1.51. The van der Waals surface area contributed by atoms with Gasteiger partial charge in [0, 0.05) is 19.8 Å². The quantitative estimate of drug-likeness (QED) is 0.892. The van der Waals surface area contributed by atoms with Crippen molar-refractivity contribution in [3.63, 3.8) is 0 Å². The summed E-state index contributed by atoms with van der Waals surface area (Å²) in [4.78, 5) is 13.7. The van der Waals surface area contributed by atoms with E-state index < -0.39 is 11.4 Å². The van der Waals surface area contributed by atoms with Crippen molar-refractivity contribution in [2.75, 3.05) is 19.0 Å². The molecule has 1 aliphatic rings. The number of benzene rings is 1. The second-order valence-electron chi connectivity index (χ2n) is 5.49. The predicted molar refractivity (Wildman–Crippen MR) is 73.3 cm³/mol. The average molecular weight is 247 g/mol. The Labute approximate surface area is 108 Å². The van der Waals surface area contributed by atoms with Gasteiger partial charge in [0.05, 0.1) is 5.41 Å². The van der Waals surface area contributed by atoms with E-state index in [1.54, 1.807) is 0 Å². The molecular formula is C15H21NO2. The molecule has 0 bridgehead atoms. The highest BCUT2D eigenvalue weighted by molar-refractivity contribution is 5.82. The van der Waals surface area contributed by atoms with Gasteiger partial charge in [0.2, 0.25) is 0 Å². The topological polar surface area (TPSA) is 40.5 Å². The molecule has 0 aliphatic heterocycles. The van der Waals surface area contributed by atoms with E-state index in [0.717, 1.165) is 36.9 Å². The Balaban J connectivity index is 2.49. The third kappa shape index (κ3) is 1.98. The number of rotatable bonds is 3. The second kappa shape index (κ2) is 4.63. The molecule has 0 aromatic heterocycles. The van der Waals surface area contributed by atoms with Crippen molar-refractivity contribution in [2.24, 2.45) is 0 Å². The van der Waals surface area contributed by atoms with E-state index in [9.17, 15) is 9.90 Å². The van der Waals surface area contributed by atoms with E-state index in [-0.39, 0.29) is 0 Å². The van der Waals surface area contributed by atoms with Gasteiger partial charge in [-0.3, -0.25) is 4.79 Å². The fourth-order valence-corrected chi connectivity index (χ4v) is 2.99. The smallest absolute Gasteiger partial charge is 0.314 e. The van der Waals surface area contributed by atoms with Gasteiger partial charge in [-0.1, -0.05) is 25.0 Å². The first-order valence-electron chi connectivity index (χ1n) is 6.49. The minimum Gasteiger partial charge on any atom is -0.481 e. The van der Waals surface area contributed by atoms with Crippen LogP contribution in [0.25, 0.3) is 0 Å².